The van der Waals surface area contributed by atoms with E-state index in [1.54, 1.807) is 4.90 Å². The molecule has 1 aromatic heterocycles. The van der Waals surface area contributed by atoms with Crippen LogP contribution in [0.5, 0.6) is 0 Å². The number of rotatable bonds is 5. The van der Waals surface area contributed by atoms with Crippen LogP contribution in [0.3, 0.4) is 0 Å². The summed E-state index contributed by atoms with van der Waals surface area (Å²) in [6, 6.07) is 6.93. The third kappa shape index (κ3) is 2.90. The highest BCUT2D eigenvalue weighted by atomic mass is 16.2. The fraction of sp³-hybridized carbons (Fsp3) is 0.444. The van der Waals surface area contributed by atoms with Gasteiger partial charge in [0.2, 0.25) is 11.9 Å². The lowest BCUT2D eigenvalue weighted by atomic mass is 10.0. The second kappa shape index (κ2) is 5.98. The summed E-state index contributed by atoms with van der Waals surface area (Å²) in [6.07, 6.45) is 2.22. The highest BCUT2D eigenvalue weighted by molar-refractivity contribution is 6.03. The van der Waals surface area contributed by atoms with Gasteiger partial charge in [0, 0.05) is 18.0 Å². The van der Waals surface area contributed by atoms with E-state index in [1.807, 2.05) is 38.1 Å². The molecule has 1 atom stereocenters. The minimum Gasteiger partial charge on any atom is -0.322 e. The van der Waals surface area contributed by atoms with Crippen LogP contribution in [0.25, 0.3) is 0 Å². The zero-order valence-electron chi connectivity index (χ0n) is 14.3. The molecule has 0 bridgehead atoms. The number of nitrogens with zero attached hydrogens (tertiary/aromatic N) is 3. The summed E-state index contributed by atoms with van der Waals surface area (Å²) in [7, 11) is 0. The van der Waals surface area contributed by atoms with Crippen molar-refractivity contribution in [2.75, 3.05) is 5.32 Å². The number of carbonyl (C=O) groups excluding carboxylic acids is 2. The lowest BCUT2D eigenvalue weighted by Gasteiger charge is -2.29. The molecule has 2 N–H and O–H groups in total. The zero-order valence-corrected chi connectivity index (χ0v) is 14.3. The number of anilines is 1. The average Bonchev–Trinajstić information content (AvgIpc) is 3.25. The molecule has 0 radical (unpaired) electrons. The fourth-order valence-corrected chi connectivity index (χ4v) is 3.36. The van der Waals surface area contributed by atoms with Crippen LogP contribution in [0.4, 0.5) is 5.95 Å². The van der Waals surface area contributed by atoms with Crippen LogP contribution >= 0.6 is 0 Å². The van der Waals surface area contributed by atoms with Crippen LogP contribution in [0.2, 0.25) is 0 Å². The molecule has 0 unspecified atom stereocenters. The zero-order chi connectivity index (χ0) is 17.6. The van der Waals surface area contributed by atoms with E-state index in [0.29, 0.717) is 18.0 Å². The molecular formula is C18H21N5O2. The first-order chi connectivity index (χ1) is 12.0. The van der Waals surface area contributed by atoms with Gasteiger partial charge in [-0.2, -0.15) is 4.98 Å². The van der Waals surface area contributed by atoms with Gasteiger partial charge in [-0.1, -0.05) is 32.0 Å². The van der Waals surface area contributed by atoms with Crippen molar-refractivity contribution < 1.29 is 9.59 Å². The Morgan fingerprint density at radius 1 is 1.32 bits per heavy atom. The number of fused-ring (bicyclic) bond motifs is 1. The Hall–Kier alpha value is -2.70. The van der Waals surface area contributed by atoms with Crippen LogP contribution < -0.4 is 5.32 Å². The largest absolute Gasteiger partial charge is 0.322 e. The average molecular weight is 339 g/mol. The van der Waals surface area contributed by atoms with E-state index < -0.39 is 6.04 Å². The highest BCUT2D eigenvalue weighted by Gasteiger charge is 2.38. The van der Waals surface area contributed by atoms with Gasteiger partial charge in [-0.3, -0.25) is 20.0 Å². The molecular weight excluding hydrogens is 318 g/mol. The number of hydrogen-bond donors (Lipinski definition) is 2. The molecule has 2 aliphatic rings. The Morgan fingerprint density at radius 3 is 2.76 bits per heavy atom. The van der Waals surface area contributed by atoms with Crippen molar-refractivity contribution in [2.24, 2.45) is 5.92 Å². The van der Waals surface area contributed by atoms with Gasteiger partial charge in [0.15, 0.2) is 0 Å². The lowest BCUT2D eigenvalue weighted by molar-refractivity contribution is -0.122. The highest BCUT2D eigenvalue weighted by Crippen LogP contribution is 2.38. The van der Waals surface area contributed by atoms with E-state index in [-0.39, 0.29) is 23.7 Å². The molecule has 7 nitrogen and oxygen atoms in total. The SMILES string of the molecule is CC(C)[C@H](C(=O)Nc1n[nH]c(C2CC2)n1)N1Cc2ccccc2C1=O. The summed E-state index contributed by atoms with van der Waals surface area (Å²) in [6.45, 7) is 4.33. The molecule has 1 aliphatic heterocycles. The van der Waals surface area contributed by atoms with Crippen molar-refractivity contribution in [1.82, 2.24) is 20.1 Å². The van der Waals surface area contributed by atoms with Crippen molar-refractivity contribution in [1.29, 1.82) is 0 Å². The maximum Gasteiger partial charge on any atom is 0.255 e. The normalized spacial score (nSPS) is 17.7. The van der Waals surface area contributed by atoms with E-state index >= 15 is 0 Å². The van der Waals surface area contributed by atoms with E-state index in [9.17, 15) is 9.59 Å². The van der Waals surface area contributed by atoms with E-state index in [1.165, 1.54) is 0 Å². The molecule has 25 heavy (non-hydrogen) atoms. The predicted octanol–water partition coefficient (Wildman–Crippen LogP) is 2.30. The van der Waals surface area contributed by atoms with E-state index in [0.717, 1.165) is 24.2 Å². The number of amides is 2. The van der Waals surface area contributed by atoms with Gasteiger partial charge >= 0.3 is 0 Å². The number of carbonyl (C=O) groups is 2. The molecule has 1 fully saturated rings. The van der Waals surface area contributed by atoms with Gasteiger partial charge in [0.25, 0.3) is 5.91 Å². The predicted molar refractivity (Wildman–Crippen MR) is 91.9 cm³/mol. The maximum absolute atomic E-state index is 12.8. The summed E-state index contributed by atoms with van der Waals surface area (Å²) in [4.78, 5) is 31.5. The van der Waals surface area contributed by atoms with E-state index in [2.05, 4.69) is 20.5 Å². The standard InChI is InChI=1S/C18H21N5O2/c1-10(2)14(23-9-12-5-3-4-6-13(12)17(23)25)16(24)20-18-19-15(21-22-18)11-7-8-11/h3-6,10-11,14H,7-9H2,1-2H3,(H2,19,20,21,22,24)/t14-/m1/s1. The van der Waals surface area contributed by atoms with Crippen molar-refractivity contribution in [3.8, 4) is 0 Å². The first-order valence-electron chi connectivity index (χ1n) is 8.66. The van der Waals surface area contributed by atoms with Crippen LogP contribution in [0.1, 0.15) is 54.4 Å². The minimum absolute atomic E-state index is 0.0277. The lowest BCUT2D eigenvalue weighted by Crippen LogP contribution is -2.47. The fourth-order valence-electron chi connectivity index (χ4n) is 3.36. The Morgan fingerprint density at radius 2 is 2.08 bits per heavy atom. The van der Waals surface area contributed by atoms with Gasteiger partial charge in [-0.15, -0.1) is 5.10 Å². The molecule has 130 valence electrons. The summed E-state index contributed by atoms with van der Waals surface area (Å²) >= 11 is 0. The van der Waals surface area contributed by atoms with Crippen molar-refractivity contribution in [3.63, 3.8) is 0 Å². The number of aromatic nitrogens is 3. The van der Waals surface area contributed by atoms with Crippen LogP contribution in [0.15, 0.2) is 24.3 Å². The molecule has 0 spiro atoms. The van der Waals surface area contributed by atoms with Gasteiger partial charge in [0.1, 0.15) is 11.9 Å². The topological polar surface area (TPSA) is 91.0 Å². The maximum atomic E-state index is 12.8. The van der Waals surface area contributed by atoms with Crippen LogP contribution in [-0.2, 0) is 11.3 Å². The second-order valence-corrected chi connectivity index (χ2v) is 7.09. The summed E-state index contributed by atoms with van der Waals surface area (Å²) in [5.41, 5.74) is 1.63. The molecule has 2 amide bonds. The van der Waals surface area contributed by atoms with Crippen molar-refractivity contribution >= 4 is 17.8 Å². The molecule has 0 saturated heterocycles. The Bertz CT molecular complexity index is 824. The molecule has 1 saturated carbocycles. The Labute approximate surface area is 145 Å². The Kier molecular flexibility index (Phi) is 3.78. The summed E-state index contributed by atoms with van der Waals surface area (Å²) in [5, 5.41) is 9.71. The third-order valence-corrected chi connectivity index (χ3v) is 4.79. The van der Waals surface area contributed by atoms with E-state index in [4.69, 9.17) is 0 Å². The third-order valence-electron chi connectivity index (χ3n) is 4.79. The Balaban J connectivity index is 1.52. The first kappa shape index (κ1) is 15.8. The smallest absolute Gasteiger partial charge is 0.255 e. The number of H-pyrrole nitrogens is 1. The van der Waals surface area contributed by atoms with Gasteiger partial charge in [-0.25, -0.2) is 0 Å². The monoisotopic (exact) mass is 339 g/mol. The van der Waals surface area contributed by atoms with Crippen molar-refractivity contribution in [3.05, 3.63) is 41.2 Å². The molecule has 2 heterocycles. The van der Waals surface area contributed by atoms with Gasteiger partial charge in [0.05, 0.1) is 0 Å². The molecule has 1 aromatic carbocycles. The van der Waals surface area contributed by atoms with Gasteiger partial charge in [-0.05, 0) is 30.4 Å². The van der Waals surface area contributed by atoms with Crippen molar-refractivity contribution in [2.45, 2.75) is 45.2 Å². The molecule has 2 aromatic rings. The second-order valence-electron chi connectivity index (χ2n) is 7.09. The molecule has 4 rings (SSSR count). The molecule has 1 aliphatic carbocycles. The summed E-state index contributed by atoms with van der Waals surface area (Å²) in [5.74, 6) is 1.16. The minimum atomic E-state index is -0.567. The number of benzene rings is 1. The van der Waals surface area contributed by atoms with Crippen LogP contribution in [-0.4, -0.2) is 37.9 Å². The summed E-state index contributed by atoms with van der Waals surface area (Å²) < 4.78 is 0. The quantitative estimate of drug-likeness (QED) is 0.874. The number of hydrogen-bond acceptors (Lipinski definition) is 4. The van der Waals surface area contributed by atoms with Crippen LogP contribution in [0, 0.1) is 5.92 Å². The number of aromatic amines is 1. The van der Waals surface area contributed by atoms with Gasteiger partial charge < -0.3 is 4.90 Å². The molecule has 7 heteroatoms. The first-order valence-corrected chi connectivity index (χ1v) is 8.66. The number of nitrogens with one attached hydrogen (secondary N) is 2.